The molecule has 1 amide bonds. The number of hydrogen-bond acceptors (Lipinski definition) is 3. The minimum atomic E-state index is 0.0569. The molecule has 3 rings (SSSR count). The fourth-order valence-corrected chi connectivity index (χ4v) is 2.98. The molecule has 0 aliphatic carbocycles. The third kappa shape index (κ3) is 2.78. The highest BCUT2D eigenvalue weighted by Gasteiger charge is 2.30. The molecule has 2 aliphatic heterocycles. The lowest BCUT2D eigenvalue weighted by atomic mass is 10.0. The minimum Gasteiger partial charge on any atom is -0.488 e. The third-order valence-corrected chi connectivity index (χ3v) is 4.49. The first-order valence-corrected chi connectivity index (χ1v) is 7.61. The number of carbonyl (C=O) groups is 1. The van der Waals surface area contributed by atoms with Gasteiger partial charge >= 0.3 is 0 Å². The molecule has 2 heterocycles. The first kappa shape index (κ1) is 14.4. The Morgan fingerprint density at radius 1 is 1.43 bits per heavy atom. The Kier molecular flexibility index (Phi) is 3.91. The van der Waals surface area contributed by atoms with Gasteiger partial charge < -0.3 is 15.0 Å². The zero-order chi connectivity index (χ0) is 15.0. The number of piperazine rings is 1. The van der Waals surface area contributed by atoms with E-state index in [1.165, 1.54) is 0 Å². The van der Waals surface area contributed by atoms with Gasteiger partial charge in [-0.25, -0.2) is 0 Å². The molecule has 0 bridgehead atoms. The standard InChI is InChI=1S/C16H19ClN2O2/c1-10-11(2)19(6-5-18-10)16(20)13-7-12-8-14(17)3-4-15(12)21-9-13/h3-4,7-8,10-11,18H,5-6,9H2,1-2H3. The second kappa shape index (κ2) is 5.70. The van der Waals surface area contributed by atoms with Crippen molar-refractivity contribution in [2.75, 3.05) is 19.7 Å². The zero-order valence-corrected chi connectivity index (χ0v) is 13.0. The summed E-state index contributed by atoms with van der Waals surface area (Å²) in [7, 11) is 0. The van der Waals surface area contributed by atoms with E-state index < -0.39 is 0 Å². The maximum absolute atomic E-state index is 12.7. The molecule has 5 heteroatoms. The number of benzene rings is 1. The van der Waals surface area contributed by atoms with E-state index in [0.29, 0.717) is 23.2 Å². The van der Waals surface area contributed by atoms with Crippen molar-refractivity contribution in [2.24, 2.45) is 0 Å². The van der Waals surface area contributed by atoms with Gasteiger partial charge in [0.25, 0.3) is 5.91 Å². The van der Waals surface area contributed by atoms with E-state index in [4.69, 9.17) is 16.3 Å². The average molecular weight is 307 g/mol. The summed E-state index contributed by atoms with van der Waals surface area (Å²) in [5.41, 5.74) is 1.55. The zero-order valence-electron chi connectivity index (χ0n) is 12.2. The van der Waals surface area contributed by atoms with E-state index in [0.717, 1.165) is 24.4 Å². The number of fused-ring (bicyclic) bond motifs is 1. The van der Waals surface area contributed by atoms with E-state index in [9.17, 15) is 4.79 Å². The highest BCUT2D eigenvalue weighted by Crippen LogP contribution is 2.30. The fraction of sp³-hybridized carbons (Fsp3) is 0.438. The summed E-state index contributed by atoms with van der Waals surface area (Å²) >= 11 is 6.01. The lowest BCUT2D eigenvalue weighted by molar-refractivity contribution is -0.131. The van der Waals surface area contributed by atoms with E-state index in [1.54, 1.807) is 6.07 Å². The maximum Gasteiger partial charge on any atom is 0.253 e. The largest absolute Gasteiger partial charge is 0.488 e. The van der Waals surface area contributed by atoms with Crippen LogP contribution in [0.4, 0.5) is 0 Å². The van der Waals surface area contributed by atoms with Crippen LogP contribution < -0.4 is 10.1 Å². The van der Waals surface area contributed by atoms with Crippen LogP contribution >= 0.6 is 11.6 Å². The number of nitrogens with one attached hydrogen (secondary N) is 1. The molecule has 2 atom stereocenters. The smallest absolute Gasteiger partial charge is 0.253 e. The second-order valence-corrected chi connectivity index (χ2v) is 6.06. The first-order valence-electron chi connectivity index (χ1n) is 7.23. The van der Waals surface area contributed by atoms with Crippen LogP contribution in [0.15, 0.2) is 23.8 Å². The summed E-state index contributed by atoms with van der Waals surface area (Å²) in [5, 5.41) is 4.03. The predicted molar refractivity (Wildman–Crippen MR) is 83.6 cm³/mol. The van der Waals surface area contributed by atoms with Crippen molar-refractivity contribution in [3.05, 3.63) is 34.4 Å². The van der Waals surface area contributed by atoms with Gasteiger partial charge in [-0.2, -0.15) is 0 Å². The highest BCUT2D eigenvalue weighted by molar-refractivity contribution is 6.30. The number of ether oxygens (including phenoxy) is 1. The Morgan fingerprint density at radius 2 is 2.24 bits per heavy atom. The van der Waals surface area contributed by atoms with Gasteiger partial charge in [0, 0.05) is 35.8 Å². The van der Waals surface area contributed by atoms with Gasteiger partial charge in [-0.1, -0.05) is 11.6 Å². The molecule has 0 radical (unpaired) electrons. The molecular weight excluding hydrogens is 288 g/mol. The molecule has 112 valence electrons. The SMILES string of the molecule is CC1NCCN(C(=O)C2=Cc3cc(Cl)ccc3OC2)C1C. The van der Waals surface area contributed by atoms with Crippen LogP contribution in [-0.4, -0.2) is 42.6 Å². The molecule has 21 heavy (non-hydrogen) atoms. The molecule has 1 saturated heterocycles. The van der Waals surface area contributed by atoms with Crippen molar-refractivity contribution >= 4 is 23.6 Å². The van der Waals surface area contributed by atoms with Gasteiger partial charge in [0.05, 0.1) is 5.57 Å². The van der Waals surface area contributed by atoms with Crippen LogP contribution in [0.3, 0.4) is 0 Å². The number of nitrogens with zero attached hydrogens (tertiary/aromatic N) is 1. The fourth-order valence-electron chi connectivity index (χ4n) is 2.80. The van der Waals surface area contributed by atoms with Crippen LogP contribution in [0.1, 0.15) is 19.4 Å². The second-order valence-electron chi connectivity index (χ2n) is 5.62. The van der Waals surface area contributed by atoms with Gasteiger partial charge in [-0.3, -0.25) is 4.79 Å². The van der Waals surface area contributed by atoms with Gasteiger partial charge in [0.15, 0.2) is 0 Å². The van der Waals surface area contributed by atoms with E-state index in [1.807, 2.05) is 23.1 Å². The normalized spacial score (nSPS) is 24.9. The maximum atomic E-state index is 12.7. The summed E-state index contributed by atoms with van der Waals surface area (Å²) in [6.07, 6.45) is 1.90. The first-order chi connectivity index (χ1) is 10.1. The summed E-state index contributed by atoms with van der Waals surface area (Å²) in [5.74, 6) is 0.833. The van der Waals surface area contributed by atoms with Gasteiger partial charge in [-0.15, -0.1) is 0 Å². The van der Waals surface area contributed by atoms with Crippen molar-refractivity contribution in [3.63, 3.8) is 0 Å². The molecule has 1 N–H and O–H groups in total. The molecular formula is C16H19ClN2O2. The van der Waals surface area contributed by atoms with E-state index in [2.05, 4.69) is 19.2 Å². The number of rotatable bonds is 1. The Morgan fingerprint density at radius 3 is 3.05 bits per heavy atom. The van der Waals surface area contributed by atoms with Gasteiger partial charge in [0.2, 0.25) is 0 Å². The summed E-state index contributed by atoms with van der Waals surface area (Å²) in [4.78, 5) is 14.6. The van der Waals surface area contributed by atoms with Crippen molar-refractivity contribution in [2.45, 2.75) is 25.9 Å². The Balaban J connectivity index is 1.85. The van der Waals surface area contributed by atoms with Crippen LogP contribution in [0, 0.1) is 0 Å². The lowest BCUT2D eigenvalue weighted by Gasteiger charge is -2.39. The molecule has 0 saturated carbocycles. The quantitative estimate of drug-likeness (QED) is 0.866. The number of carbonyl (C=O) groups excluding carboxylic acids is 1. The molecule has 2 unspecified atom stereocenters. The van der Waals surface area contributed by atoms with Crippen LogP contribution in [0.25, 0.3) is 6.08 Å². The molecule has 4 nitrogen and oxygen atoms in total. The molecule has 0 spiro atoms. The molecule has 0 aromatic heterocycles. The number of amides is 1. The number of hydrogen-bond donors (Lipinski definition) is 1. The monoisotopic (exact) mass is 306 g/mol. The third-order valence-electron chi connectivity index (χ3n) is 4.25. The van der Waals surface area contributed by atoms with Crippen LogP contribution in [-0.2, 0) is 4.79 Å². The Labute approximate surface area is 129 Å². The van der Waals surface area contributed by atoms with E-state index >= 15 is 0 Å². The number of halogens is 1. The molecule has 1 aromatic carbocycles. The van der Waals surface area contributed by atoms with Gasteiger partial charge in [-0.05, 0) is 38.1 Å². The molecule has 1 aromatic rings. The molecule has 1 fully saturated rings. The summed E-state index contributed by atoms with van der Waals surface area (Å²) < 4.78 is 5.68. The predicted octanol–water partition coefficient (Wildman–Crippen LogP) is 2.32. The van der Waals surface area contributed by atoms with Crippen LogP contribution in [0.5, 0.6) is 5.75 Å². The van der Waals surface area contributed by atoms with Crippen molar-refractivity contribution in [1.29, 1.82) is 0 Å². The van der Waals surface area contributed by atoms with Crippen LogP contribution in [0.2, 0.25) is 5.02 Å². The summed E-state index contributed by atoms with van der Waals surface area (Å²) in [6.45, 7) is 6.05. The highest BCUT2D eigenvalue weighted by atomic mass is 35.5. The minimum absolute atomic E-state index is 0.0569. The topological polar surface area (TPSA) is 41.6 Å². The van der Waals surface area contributed by atoms with E-state index in [-0.39, 0.29) is 11.9 Å². The lowest BCUT2D eigenvalue weighted by Crippen LogP contribution is -2.57. The Hall–Kier alpha value is -1.52. The average Bonchev–Trinajstić information content (AvgIpc) is 2.48. The van der Waals surface area contributed by atoms with Crippen molar-refractivity contribution in [3.8, 4) is 5.75 Å². The van der Waals surface area contributed by atoms with Gasteiger partial charge in [0.1, 0.15) is 12.4 Å². The van der Waals surface area contributed by atoms with Crippen molar-refractivity contribution in [1.82, 2.24) is 10.2 Å². The molecule has 2 aliphatic rings. The summed E-state index contributed by atoms with van der Waals surface area (Å²) in [6, 6.07) is 5.93. The van der Waals surface area contributed by atoms with Crippen molar-refractivity contribution < 1.29 is 9.53 Å². The Bertz CT molecular complexity index is 600.